The number of hydrogen-bond acceptors (Lipinski definition) is 3. The van der Waals surface area contributed by atoms with Gasteiger partial charge in [-0.2, -0.15) is 0 Å². The van der Waals surface area contributed by atoms with Gasteiger partial charge in [0.1, 0.15) is 0 Å². The van der Waals surface area contributed by atoms with Crippen LogP contribution >= 0.6 is 12.2 Å². The van der Waals surface area contributed by atoms with Crippen LogP contribution in [-0.4, -0.2) is 22.4 Å². The molecule has 0 aliphatic heterocycles. The first-order valence-electron chi connectivity index (χ1n) is 1.85. The van der Waals surface area contributed by atoms with E-state index < -0.39 is 6.10 Å². The molecule has 0 aliphatic rings. The third-order valence-corrected chi connectivity index (χ3v) is 0.965. The van der Waals surface area contributed by atoms with E-state index in [1.165, 1.54) is 6.92 Å². The molecule has 0 bridgehead atoms. The lowest BCUT2D eigenvalue weighted by Crippen LogP contribution is -2.13. The lowest BCUT2D eigenvalue weighted by molar-refractivity contribution is -0.102. The number of thiocarbonyl (C=S) groups is 1. The van der Waals surface area contributed by atoms with Crippen LogP contribution < -0.4 is 0 Å². The van der Waals surface area contributed by atoms with Crippen molar-refractivity contribution < 1.29 is 9.90 Å². The largest absolute Gasteiger partial charge is 0.388 e. The number of hydrogen-bond donors (Lipinski definition) is 1. The molecule has 40 valence electrons. The highest BCUT2D eigenvalue weighted by Gasteiger charge is 1.98. The first-order chi connectivity index (χ1) is 3.18. The Morgan fingerprint density at radius 2 is 2.43 bits per heavy atom. The van der Waals surface area contributed by atoms with E-state index in [0.717, 1.165) is 0 Å². The second-order valence-corrected chi connectivity index (χ2v) is 1.67. The van der Waals surface area contributed by atoms with E-state index in [1.807, 2.05) is 0 Å². The summed E-state index contributed by atoms with van der Waals surface area (Å²) in [5, 5.41) is 8.45. The highest BCUT2D eigenvalue weighted by atomic mass is 32.1. The predicted molar refractivity (Wildman–Crippen MR) is 30.3 cm³/mol. The van der Waals surface area contributed by atoms with Crippen LogP contribution in [0.5, 0.6) is 0 Å². The Balaban J connectivity index is 3.56. The molecule has 0 spiro atoms. The molecule has 3 heteroatoms. The lowest BCUT2D eigenvalue weighted by atomic mass is 10.3. The van der Waals surface area contributed by atoms with Crippen LogP contribution in [0.15, 0.2) is 0 Å². The molecule has 7 heavy (non-hydrogen) atoms. The summed E-state index contributed by atoms with van der Waals surface area (Å²) in [6.07, 6.45) is -0.299. The fraction of sp³-hybridized carbons (Fsp3) is 0.500. The van der Waals surface area contributed by atoms with E-state index in [9.17, 15) is 4.79 Å². The van der Waals surface area contributed by atoms with Crippen LogP contribution in [0, 0.1) is 0 Å². The molecule has 0 fully saturated rings. The zero-order valence-electron chi connectivity index (χ0n) is 3.92. The van der Waals surface area contributed by atoms with Crippen molar-refractivity contribution in [3.63, 3.8) is 0 Å². The second kappa shape index (κ2) is 2.82. The summed E-state index contributed by atoms with van der Waals surface area (Å²) >= 11 is 4.36. The molecular weight excluding hydrogens is 112 g/mol. The fourth-order valence-corrected chi connectivity index (χ4v) is 0.0985. The normalized spacial score (nSPS) is 12.9. The van der Waals surface area contributed by atoms with Crippen LogP contribution in [0.2, 0.25) is 0 Å². The third-order valence-electron chi connectivity index (χ3n) is 0.528. The maximum atomic E-state index is 9.65. The smallest absolute Gasteiger partial charge is 0.159 e. The van der Waals surface area contributed by atoms with E-state index >= 15 is 0 Å². The fourth-order valence-electron chi connectivity index (χ4n) is 0.0985. The maximum Gasteiger partial charge on any atom is 0.159 e. The number of aldehydes is 1. The second-order valence-electron chi connectivity index (χ2n) is 1.20. The molecular formula is C4H6O2S. The number of aliphatic hydroxyl groups is 1. The average molecular weight is 118 g/mol. The summed E-state index contributed by atoms with van der Waals surface area (Å²) in [5.41, 5.74) is 0. The van der Waals surface area contributed by atoms with Crippen molar-refractivity contribution in [1.29, 1.82) is 0 Å². The van der Waals surface area contributed by atoms with Crippen molar-refractivity contribution in [3.8, 4) is 0 Å². The topological polar surface area (TPSA) is 37.3 Å². The van der Waals surface area contributed by atoms with Gasteiger partial charge in [-0.3, -0.25) is 4.79 Å². The summed E-state index contributed by atoms with van der Waals surface area (Å²) in [5.74, 6) is 0. The molecule has 0 aliphatic carbocycles. The zero-order valence-corrected chi connectivity index (χ0v) is 4.73. The van der Waals surface area contributed by atoms with Gasteiger partial charge in [-0.15, -0.1) is 0 Å². The molecule has 1 N–H and O–H groups in total. The van der Waals surface area contributed by atoms with Crippen LogP contribution in [0.25, 0.3) is 0 Å². The zero-order chi connectivity index (χ0) is 5.86. The summed E-state index contributed by atoms with van der Waals surface area (Å²) in [6.45, 7) is 1.46. The molecule has 0 aromatic carbocycles. The maximum absolute atomic E-state index is 9.65. The summed E-state index contributed by atoms with van der Waals surface area (Å²) in [4.78, 5) is 9.70. The molecule has 0 amide bonds. The number of carbonyl (C=O) groups is 1. The predicted octanol–water partition coefficient (Wildman–Crippen LogP) is -0.0640. The number of aliphatic hydroxyl groups excluding tert-OH is 1. The summed E-state index contributed by atoms with van der Waals surface area (Å²) in [7, 11) is 0. The van der Waals surface area contributed by atoms with Crippen LogP contribution in [0.1, 0.15) is 6.92 Å². The quantitative estimate of drug-likeness (QED) is 0.407. The first-order valence-corrected chi connectivity index (χ1v) is 2.26. The van der Waals surface area contributed by atoms with Gasteiger partial charge in [0.2, 0.25) is 0 Å². The van der Waals surface area contributed by atoms with Gasteiger partial charge in [-0.05, 0) is 6.92 Å². The molecule has 0 rings (SSSR count). The molecule has 0 heterocycles. The van der Waals surface area contributed by atoms with E-state index in [1.54, 1.807) is 0 Å². The van der Waals surface area contributed by atoms with Crippen LogP contribution in [0.3, 0.4) is 0 Å². The van der Waals surface area contributed by atoms with Gasteiger partial charge >= 0.3 is 0 Å². The minimum Gasteiger partial charge on any atom is -0.388 e. The Bertz CT molecular complexity index is 87.7. The molecule has 0 aromatic rings. The van der Waals surface area contributed by atoms with Crippen molar-refractivity contribution >= 4 is 23.4 Å². The minimum absolute atomic E-state index is 0.0556. The Morgan fingerprint density at radius 1 is 2.00 bits per heavy atom. The van der Waals surface area contributed by atoms with Crippen molar-refractivity contribution in [1.82, 2.24) is 0 Å². The van der Waals surface area contributed by atoms with Gasteiger partial charge in [-0.25, -0.2) is 0 Å². The lowest BCUT2D eigenvalue weighted by Gasteiger charge is -1.93. The summed E-state index contributed by atoms with van der Waals surface area (Å²) < 4.78 is 0. The van der Waals surface area contributed by atoms with Crippen molar-refractivity contribution in [2.75, 3.05) is 0 Å². The Hall–Kier alpha value is -0.280. The van der Waals surface area contributed by atoms with Crippen LogP contribution in [0.4, 0.5) is 0 Å². The highest BCUT2D eigenvalue weighted by Crippen LogP contribution is 1.80. The van der Waals surface area contributed by atoms with Gasteiger partial charge in [-0.1, -0.05) is 12.2 Å². The number of carbonyl (C=O) groups excluding carboxylic acids is 1. The minimum atomic E-state index is -0.771. The van der Waals surface area contributed by atoms with Gasteiger partial charge in [0.15, 0.2) is 6.29 Å². The molecule has 0 saturated carbocycles. The van der Waals surface area contributed by atoms with Crippen LogP contribution in [-0.2, 0) is 4.79 Å². The van der Waals surface area contributed by atoms with E-state index in [4.69, 9.17) is 5.11 Å². The van der Waals surface area contributed by atoms with E-state index in [2.05, 4.69) is 12.2 Å². The van der Waals surface area contributed by atoms with E-state index in [0.29, 0.717) is 6.29 Å². The third kappa shape index (κ3) is 2.42. The monoisotopic (exact) mass is 118 g/mol. The highest BCUT2D eigenvalue weighted by molar-refractivity contribution is 7.82. The standard InChI is InChI=1S/C4H6O2S/c1-3(6)4(7)2-5/h2-3,6H,1H3. The Kier molecular flexibility index (Phi) is 2.71. The van der Waals surface area contributed by atoms with Crippen molar-refractivity contribution in [2.45, 2.75) is 13.0 Å². The van der Waals surface area contributed by atoms with Gasteiger partial charge in [0.05, 0.1) is 11.0 Å². The Labute approximate surface area is 47.1 Å². The van der Waals surface area contributed by atoms with Gasteiger partial charge < -0.3 is 5.11 Å². The molecule has 1 unspecified atom stereocenters. The molecule has 0 aromatic heterocycles. The molecule has 0 saturated heterocycles. The average Bonchev–Trinajstić information content (AvgIpc) is 1.65. The first kappa shape index (κ1) is 6.72. The van der Waals surface area contributed by atoms with Crippen molar-refractivity contribution in [2.24, 2.45) is 0 Å². The number of rotatable bonds is 2. The van der Waals surface area contributed by atoms with Crippen molar-refractivity contribution in [3.05, 3.63) is 0 Å². The Morgan fingerprint density at radius 3 is 2.43 bits per heavy atom. The molecule has 1 atom stereocenters. The summed E-state index contributed by atoms with van der Waals surface area (Å²) in [6, 6.07) is 0. The SMILES string of the molecule is CC(O)C(=S)C=O. The van der Waals surface area contributed by atoms with Gasteiger partial charge in [0, 0.05) is 0 Å². The van der Waals surface area contributed by atoms with Gasteiger partial charge in [0.25, 0.3) is 0 Å². The molecule has 2 nitrogen and oxygen atoms in total. The van der Waals surface area contributed by atoms with E-state index in [-0.39, 0.29) is 4.86 Å². The molecule has 0 radical (unpaired) electrons.